The number of nitrogen functional groups attached to an aromatic ring is 1. The average molecular weight is 430 g/mol. The zero-order valence-electron chi connectivity index (χ0n) is 16.4. The Kier molecular flexibility index (Phi) is 5.90. The summed E-state index contributed by atoms with van der Waals surface area (Å²) in [5.41, 5.74) is 7.82. The van der Waals surface area contributed by atoms with Gasteiger partial charge in [0.25, 0.3) is 0 Å². The fraction of sp³-hybridized carbons (Fsp3) is 0.273. The quantitative estimate of drug-likeness (QED) is 0.523. The maximum absolute atomic E-state index is 14.8. The third-order valence-corrected chi connectivity index (χ3v) is 7.07. The van der Waals surface area contributed by atoms with Crippen LogP contribution in [0.1, 0.15) is 12.8 Å². The second kappa shape index (κ2) is 8.59. The lowest BCUT2D eigenvalue weighted by Gasteiger charge is -2.39. The molecule has 8 heteroatoms. The molecule has 30 heavy (non-hydrogen) atoms. The number of anilines is 1. The Labute approximate surface area is 176 Å². The summed E-state index contributed by atoms with van der Waals surface area (Å²) < 4.78 is 40.4. The molecule has 2 aromatic carbocycles. The van der Waals surface area contributed by atoms with Gasteiger partial charge in [0.15, 0.2) is 0 Å². The van der Waals surface area contributed by atoms with Crippen LogP contribution in [0.2, 0.25) is 0 Å². The van der Waals surface area contributed by atoms with Gasteiger partial charge in [-0.2, -0.15) is 10.6 Å². The average Bonchev–Trinajstić information content (AvgIpc) is 2.74. The van der Waals surface area contributed by atoms with E-state index >= 15 is 0 Å². The minimum Gasteiger partial charge on any atom is -0.493 e. The van der Waals surface area contributed by atoms with Gasteiger partial charge >= 0.3 is 0 Å². The monoisotopic (exact) mass is 429 g/mol. The molecule has 0 saturated carbocycles. The summed E-state index contributed by atoms with van der Waals surface area (Å²) in [6.45, 7) is 0.494. The maximum atomic E-state index is 14.8. The van der Waals surface area contributed by atoms with Crippen LogP contribution in [0.3, 0.4) is 0 Å². The molecular weight excluding hydrogens is 405 g/mol. The molecule has 0 spiro atoms. The van der Waals surface area contributed by atoms with Crippen LogP contribution < -0.4 is 10.5 Å². The second-order valence-corrected chi connectivity index (χ2v) is 9.90. The number of rotatable bonds is 5. The van der Waals surface area contributed by atoms with Crippen molar-refractivity contribution in [2.75, 3.05) is 23.8 Å². The topological polar surface area (TPSA) is 101 Å². The third kappa shape index (κ3) is 4.72. The Bertz CT molecular complexity index is 1020. The van der Waals surface area contributed by atoms with Crippen molar-refractivity contribution in [3.63, 3.8) is 0 Å². The van der Waals surface area contributed by atoms with Crippen molar-refractivity contribution < 1.29 is 18.2 Å². The first-order chi connectivity index (χ1) is 14.4. The van der Waals surface area contributed by atoms with E-state index in [1.165, 1.54) is 18.5 Å². The number of ether oxygens (including phenoxy) is 1. The molecular formula is C22H24FN3O3S. The Balaban J connectivity index is 1.52. The number of nitrogens with two attached hydrogens (primary N) is 1. The number of aromatic nitrogens is 2. The van der Waals surface area contributed by atoms with Gasteiger partial charge in [0.05, 0.1) is 24.7 Å². The Morgan fingerprint density at radius 3 is 2.50 bits per heavy atom. The highest BCUT2D eigenvalue weighted by Crippen LogP contribution is 2.45. The van der Waals surface area contributed by atoms with E-state index in [0.717, 1.165) is 18.4 Å². The fourth-order valence-electron chi connectivity index (χ4n) is 3.53. The van der Waals surface area contributed by atoms with E-state index in [2.05, 4.69) is 9.97 Å². The zero-order chi connectivity index (χ0) is 21.1. The van der Waals surface area contributed by atoms with Crippen molar-refractivity contribution in [1.82, 2.24) is 9.97 Å². The van der Waals surface area contributed by atoms with Crippen LogP contribution in [-0.2, 0) is 0 Å². The molecule has 0 amide bonds. The molecule has 0 bridgehead atoms. The highest BCUT2D eigenvalue weighted by Gasteiger charge is 2.24. The third-order valence-electron chi connectivity index (χ3n) is 5.30. The predicted molar refractivity (Wildman–Crippen MR) is 118 cm³/mol. The van der Waals surface area contributed by atoms with Crippen LogP contribution in [-0.4, -0.2) is 37.2 Å². The molecule has 1 aliphatic rings. The van der Waals surface area contributed by atoms with Crippen molar-refractivity contribution in [2.24, 2.45) is 5.92 Å². The zero-order valence-corrected chi connectivity index (χ0v) is 17.2. The van der Waals surface area contributed by atoms with Gasteiger partial charge in [-0.15, -0.1) is 0 Å². The number of nitrogens with zero attached hydrogens (tertiary/aromatic N) is 2. The smallest absolute Gasteiger partial charge is 0.141 e. The number of halogens is 1. The molecule has 1 saturated heterocycles. The van der Waals surface area contributed by atoms with Gasteiger partial charge < -0.3 is 10.5 Å². The second-order valence-electron chi connectivity index (χ2n) is 7.48. The van der Waals surface area contributed by atoms with E-state index in [4.69, 9.17) is 10.5 Å². The molecule has 3 aromatic rings. The molecule has 158 valence electrons. The molecule has 0 unspecified atom stereocenters. The summed E-state index contributed by atoms with van der Waals surface area (Å²) in [7, 11) is -2.40. The van der Waals surface area contributed by atoms with Crippen molar-refractivity contribution in [2.45, 2.75) is 12.8 Å². The lowest BCUT2D eigenvalue weighted by Crippen LogP contribution is -2.24. The highest BCUT2D eigenvalue weighted by molar-refractivity contribution is 8.24. The largest absolute Gasteiger partial charge is 0.493 e. The minimum atomic E-state index is -2.40. The Morgan fingerprint density at radius 1 is 1.03 bits per heavy atom. The molecule has 1 aliphatic heterocycles. The van der Waals surface area contributed by atoms with E-state index in [9.17, 15) is 13.5 Å². The van der Waals surface area contributed by atoms with Gasteiger partial charge in [0.1, 0.15) is 17.4 Å². The number of benzene rings is 2. The summed E-state index contributed by atoms with van der Waals surface area (Å²) in [6, 6.07) is 12.5. The molecule has 0 radical (unpaired) electrons. The molecule has 6 nitrogen and oxygen atoms in total. The van der Waals surface area contributed by atoms with E-state index in [1.54, 1.807) is 6.07 Å². The Hall–Kier alpha value is -2.68. The van der Waals surface area contributed by atoms with Gasteiger partial charge in [-0.05, 0) is 42.5 Å². The lowest BCUT2D eigenvalue weighted by molar-refractivity contribution is 0.236. The fourth-order valence-corrected chi connectivity index (χ4v) is 5.16. The standard InChI is InChI=1S/C22H24FN3O3S/c23-19-11-16(5-6-18(19)20-12-26-22(24)13-25-20)17-3-1-2-4-21(17)29-14-15-7-9-30(27,28)10-8-15/h1-6,11-13,15,27-28H,7-10,14H2,(H2,24,26). The summed E-state index contributed by atoms with van der Waals surface area (Å²) in [4.78, 5) is 8.10. The molecule has 1 aromatic heterocycles. The molecule has 0 aliphatic carbocycles. The van der Waals surface area contributed by atoms with Crippen molar-refractivity contribution in [1.29, 1.82) is 0 Å². The predicted octanol–water partition coefficient (Wildman–Crippen LogP) is 5.07. The number of hydrogen-bond donors (Lipinski definition) is 3. The van der Waals surface area contributed by atoms with Crippen molar-refractivity contribution in [3.05, 3.63) is 60.7 Å². The summed E-state index contributed by atoms with van der Waals surface area (Å²) in [5.74, 6) is 1.70. The first-order valence-corrected chi connectivity index (χ1v) is 11.6. The summed E-state index contributed by atoms with van der Waals surface area (Å²) >= 11 is 0. The van der Waals surface area contributed by atoms with Crippen molar-refractivity contribution >= 4 is 16.4 Å². The maximum Gasteiger partial charge on any atom is 0.141 e. The van der Waals surface area contributed by atoms with Crippen molar-refractivity contribution in [3.8, 4) is 28.1 Å². The van der Waals surface area contributed by atoms with E-state index < -0.39 is 16.4 Å². The molecule has 1 fully saturated rings. The first-order valence-electron chi connectivity index (χ1n) is 9.74. The van der Waals surface area contributed by atoms with Crippen LogP contribution in [0, 0.1) is 11.7 Å². The molecule has 0 atom stereocenters. The minimum absolute atomic E-state index is 0.279. The summed E-state index contributed by atoms with van der Waals surface area (Å²) in [6.07, 6.45) is 4.31. The molecule has 2 heterocycles. The van der Waals surface area contributed by atoms with Gasteiger partial charge in [-0.1, -0.05) is 24.3 Å². The highest BCUT2D eigenvalue weighted by atomic mass is 32.3. The van der Waals surface area contributed by atoms with Gasteiger partial charge in [0.2, 0.25) is 0 Å². The van der Waals surface area contributed by atoms with Gasteiger partial charge in [0, 0.05) is 22.6 Å². The normalized spacial score (nSPS) is 17.4. The molecule has 4 rings (SSSR count). The summed E-state index contributed by atoms with van der Waals surface area (Å²) in [5, 5.41) is 0. The lowest BCUT2D eigenvalue weighted by atomic mass is 10.0. The van der Waals surface area contributed by atoms with Crippen LogP contribution in [0.5, 0.6) is 5.75 Å². The van der Waals surface area contributed by atoms with E-state index in [1.807, 2.05) is 30.3 Å². The number of para-hydroxylation sites is 1. The van der Waals surface area contributed by atoms with Gasteiger partial charge in [-0.3, -0.25) is 14.1 Å². The van der Waals surface area contributed by atoms with Crippen LogP contribution in [0.15, 0.2) is 54.9 Å². The first kappa shape index (κ1) is 20.6. The Morgan fingerprint density at radius 2 is 1.80 bits per heavy atom. The van der Waals surface area contributed by atoms with Crippen LogP contribution in [0.25, 0.3) is 22.4 Å². The van der Waals surface area contributed by atoms with Crippen LogP contribution in [0.4, 0.5) is 10.2 Å². The van der Waals surface area contributed by atoms with Crippen LogP contribution >= 0.6 is 10.6 Å². The number of hydrogen-bond acceptors (Lipinski definition) is 6. The SMILES string of the molecule is Nc1cnc(-c2ccc(-c3ccccc3OCC3CCS(O)(O)CC3)cc2F)cn1. The molecule has 4 N–H and O–H groups in total. The van der Waals surface area contributed by atoms with E-state index in [0.29, 0.717) is 40.7 Å². The van der Waals surface area contributed by atoms with Gasteiger partial charge in [-0.25, -0.2) is 9.37 Å². The van der Waals surface area contributed by atoms with E-state index in [-0.39, 0.29) is 11.7 Å².